The maximum Gasteiger partial charge on any atom is 0.331 e. The fourth-order valence-corrected chi connectivity index (χ4v) is 3.61. The number of hydrogen-bond donors (Lipinski definition) is 0. The molecule has 0 amide bonds. The Balaban J connectivity index is 1.85. The largest absolute Gasteiger partial charge is 0.497 e. The second kappa shape index (κ2) is 12.1. The van der Waals surface area contributed by atoms with E-state index in [9.17, 15) is 4.79 Å². The molecule has 33 heavy (non-hydrogen) atoms. The first-order chi connectivity index (χ1) is 16.1. The molecule has 0 aromatic heterocycles. The highest BCUT2D eigenvalue weighted by molar-refractivity contribution is 5.95. The summed E-state index contributed by atoms with van der Waals surface area (Å²) in [5, 5.41) is 0. The van der Waals surface area contributed by atoms with Crippen LogP contribution in [-0.2, 0) is 25.4 Å². The van der Waals surface area contributed by atoms with Gasteiger partial charge in [-0.3, -0.25) is 0 Å². The van der Waals surface area contributed by atoms with Gasteiger partial charge in [-0.2, -0.15) is 0 Å². The van der Waals surface area contributed by atoms with E-state index in [4.69, 9.17) is 33.2 Å². The lowest BCUT2D eigenvalue weighted by Crippen LogP contribution is -2.23. The van der Waals surface area contributed by atoms with Crippen molar-refractivity contribution >= 4 is 11.5 Å². The predicted molar refractivity (Wildman–Crippen MR) is 122 cm³/mol. The summed E-state index contributed by atoms with van der Waals surface area (Å²) >= 11 is 0. The monoisotopic (exact) mass is 458 g/mol. The van der Waals surface area contributed by atoms with Gasteiger partial charge in [-0.1, -0.05) is 12.1 Å². The zero-order valence-corrected chi connectivity index (χ0v) is 19.4. The van der Waals surface area contributed by atoms with Crippen LogP contribution in [0.2, 0.25) is 0 Å². The van der Waals surface area contributed by atoms with Gasteiger partial charge in [0.15, 0.2) is 13.6 Å². The van der Waals surface area contributed by atoms with Crippen molar-refractivity contribution < 1.29 is 38.0 Å². The van der Waals surface area contributed by atoms with E-state index in [1.165, 1.54) is 20.3 Å². The smallest absolute Gasteiger partial charge is 0.331 e. The molecule has 1 aliphatic rings. The number of carbonyl (C=O) groups is 1. The lowest BCUT2D eigenvalue weighted by Gasteiger charge is -2.26. The zero-order chi connectivity index (χ0) is 23.6. The van der Waals surface area contributed by atoms with Crippen LogP contribution < -0.4 is 18.9 Å². The Morgan fingerprint density at radius 3 is 2.03 bits per heavy atom. The van der Waals surface area contributed by atoms with Crippen LogP contribution in [0.1, 0.15) is 24.0 Å². The molecule has 0 N–H and O–H groups in total. The highest BCUT2D eigenvalue weighted by atomic mass is 16.7. The fourth-order valence-electron chi connectivity index (χ4n) is 3.61. The third-order valence-corrected chi connectivity index (χ3v) is 5.20. The van der Waals surface area contributed by atoms with Crippen molar-refractivity contribution in [2.24, 2.45) is 0 Å². The van der Waals surface area contributed by atoms with Crippen LogP contribution in [0.4, 0.5) is 0 Å². The van der Waals surface area contributed by atoms with Gasteiger partial charge in [-0.15, -0.1) is 0 Å². The van der Waals surface area contributed by atoms with Gasteiger partial charge in [-0.05, 0) is 36.1 Å². The molecule has 0 saturated carbocycles. The summed E-state index contributed by atoms with van der Waals surface area (Å²) in [4.78, 5) is 12.5. The van der Waals surface area contributed by atoms with Gasteiger partial charge < -0.3 is 33.2 Å². The van der Waals surface area contributed by atoms with Crippen molar-refractivity contribution in [1.29, 1.82) is 0 Å². The topological polar surface area (TPSA) is 81.7 Å². The summed E-state index contributed by atoms with van der Waals surface area (Å²) in [6, 6.07) is 11.3. The highest BCUT2D eigenvalue weighted by Gasteiger charge is 2.27. The molecule has 0 aliphatic carbocycles. The number of ether oxygens (including phenoxy) is 7. The molecule has 1 aliphatic heterocycles. The Bertz CT molecular complexity index is 922. The van der Waals surface area contributed by atoms with Crippen molar-refractivity contribution in [3.8, 4) is 23.0 Å². The highest BCUT2D eigenvalue weighted by Crippen LogP contribution is 2.42. The third kappa shape index (κ3) is 6.63. The number of benzene rings is 2. The number of methoxy groups -OCH3 is 4. The molecule has 0 unspecified atom stereocenters. The molecule has 0 fully saturated rings. The van der Waals surface area contributed by atoms with E-state index in [0.717, 1.165) is 23.3 Å². The molecule has 2 aromatic rings. The number of rotatable bonds is 12. The summed E-state index contributed by atoms with van der Waals surface area (Å²) in [5.74, 6) is 1.92. The van der Waals surface area contributed by atoms with E-state index < -0.39 is 5.97 Å². The van der Waals surface area contributed by atoms with Gasteiger partial charge in [0.1, 0.15) is 29.1 Å². The Hall–Kier alpha value is -3.23. The Morgan fingerprint density at radius 2 is 1.48 bits per heavy atom. The van der Waals surface area contributed by atoms with E-state index >= 15 is 0 Å². The van der Waals surface area contributed by atoms with Crippen molar-refractivity contribution in [2.75, 3.05) is 42.0 Å². The number of cyclic esters (lactones) is 1. The molecule has 0 spiro atoms. The summed E-state index contributed by atoms with van der Waals surface area (Å²) < 4.78 is 37.9. The van der Waals surface area contributed by atoms with Gasteiger partial charge in [0.25, 0.3) is 0 Å². The first-order valence-electron chi connectivity index (χ1n) is 10.6. The first-order valence-corrected chi connectivity index (χ1v) is 10.6. The molecular formula is C25H30O8. The van der Waals surface area contributed by atoms with Gasteiger partial charge in [0.2, 0.25) is 0 Å². The number of aryl methyl sites for hydroxylation is 1. The molecule has 8 heteroatoms. The number of hydrogen-bond acceptors (Lipinski definition) is 8. The van der Waals surface area contributed by atoms with Crippen LogP contribution in [-0.4, -0.2) is 54.1 Å². The maximum atomic E-state index is 12.5. The van der Waals surface area contributed by atoms with E-state index in [1.807, 2.05) is 24.3 Å². The van der Waals surface area contributed by atoms with E-state index in [2.05, 4.69) is 0 Å². The first kappa shape index (κ1) is 24.4. The summed E-state index contributed by atoms with van der Waals surface area (Å²) in [7, 11) is 6.27. The minimum atomic E-state index is -0.401. The molecule has 1 heterocycles. The molecule has 0 bridgehead atoms. The molecule has 0 saturated heterocycles. The van der Waals surface area contributed by atoms with Crippen LogP contribution >= 0.6 is 0 Å². The molecular weight excluding hydrogens is 428 g/mol. The Morgan fingerprint density at radius 1 is 0.879 bits per heavy atom. The van der Waals surface area contributed by atoms with Crippen LogP contribution in [0.3, 0.4) is 0 Å². The second-order valence-corrected chi connectivity index (χ2v) is 7.42. The third-order valence-electron chi connectivity index (χ3n) is 5.20. The second-order valence-electron chi connectivity index (χ2n) is 7.42. The van der Waals surface area contributed by atoms with Crippen LogP contribution in [0.5, 0.6) is 23.0 Å². The van der Waals surface area contributed by atoms with Gasteiger partial charge >= 0.3 is 5.97 Å². The van der Waals surface area contributed by atoms with Gasteiger partial charge in [0, 0.05) is 38.8 Å². The normalized spacial score (nSPS) is 15.5. The lowest BCUT2D eigenvalue weighted by molar-refractivity contribution is -0.143. The number of carbonyl (C=O) groups excluding carboxylic acids is 1. The predicted octanol–water partition coefficient (Wildman–Crippen LogP) is 4.00. The van der Waals surface area contributed by atoms with Crippen LogP contribution in [0, 0.1) is 0 Å². The Labute approximate surface area is 193 Å². The minimum Gasteiger partial charge on any atom is -0.497 e. The Kier molecular flexibility index (Phi) is 8.97. The molecule has 8 nitrogen and oxygen atoms in total. The standard InChI is InChI=1S/C25H30O8/c1-27-15-31-22-13-21(30-4)14-23(32-16-28-2)25(22)18-11-20(33-24(26)12-18)10-7-17-5-8-19(29-3)9-6-17/h5-6,8-9,12-14,20H,7,10-11,15-16H2,1-4H3/t20-/m0/s1. The van der Waals surface area contributed by atoms with Crippen molar-refractivity contribution in [1.82, 2.24) is 0 Å². The summed E-state index contributed by atoms with van der Waals surface area (Å²) in [6.45, 7) is 0.0605. The quantitative estimate of drug-likeness (QED) is 0.349. The van der Waals surface area contributed by atoms with Crippen LogP contribution in [0.25, 0.3) is 5.57 Å². The fraction of sp³-hybridized carbons (Fsp3) is 0.400. The molecule has 178 valence electrons. The minimum absolute atomic E-state index is 0.0303. The lowest BCUT2D eigenvalue weighted by atomic mass is 9.93. The van der Waals surface area contributed by atoms with Gasteiger partial charge in [0.05, 0.1) is 19.8 Å². The molecule has 0 radical (unpaired) electrons. The zero-order valence-electron chi connectivity index (χ0n) is 19.4. The number of esters is 1. The van der Waals surface area contributed by atoms with E-state index in [1.54, 1.807) is 26.4 Å². The molecule has 3 rings (SSSR count). The van der Waals surface area contributed by atoms with Crippen molar-refractivity contribution in [3.63, 3.8) is 0 Å². The van der Waals surface area contributed by atoms with Crippen LogP contribution in [0.15, 0.2) is 42.5 Å². The van der Waals surface area contributed by atoms with E-state index in [0.29, 0.717) is 35.7 Å². The van der Waals surface area contributed by atoms with Crippen molar-refractivity contribution in [3.05, 3.63) is 53.6 Å². The average Bonchev–Trinajstić information content (AvgIpc) is 2.84. The summed E-state index contributed by atoms with van der Waals surface area (Å²) in [6.07, 6.45) is 3.14. The van der Waals surface area contributed by atoms with Crippen molar-refractivity contribution in [2.45, 2.75) is 25.4 Å². The van der Waals surface area contributed by atoms with Gasteiger partial charge in [-0.25, -0.2) is 4.79 Å². The van der Waals surface area contributed by atoms with E-state index in [-0.39, 0.29) is 19.7 Å². The maximum absolute atomic E-state index is 12.5. The summed E-state index contributed by atoms with van der Waals surface area (Å²) in [5.41, 5.74) is 2.54. The SMILES string of the molecule is COCOc1cc(OC)cc(OCOC)c1C1=CC(=O)O[C@@H](CCc2ccc(OC)cc2)C1. The average molecular weight is 459 g/mol. The molecule has 1 atom stereocenters. The molecule has 2 aromatic carbocycles.